The lowest BCUT2D eigenvalue weighted by atomic mass is 9.84. The van der Waals surface area contributed by atoms with Crippen LogP contribution >= 0.6 is 15.9 Å². The maximum Gasteiger partial charge on any atom is 0.253 e. The van der Waals surface area contributed by atoms with Crippen LogP contribution in [0.15, 0.2) is 46.9 Å². The van der Waals surface area contributed by atoms with Crippen LogP contribution in [-0.2, 0) is 0 Å². The highest BCUT2D eigenvalue weighted by molar-refractivity contribution is 9.10. The second-order valence-electron chi connectivity index (χ2n) is 4.63. The maximum atomic E-state index is 11.9. The number of hydrogen-bond donors (Lipinski definition) is 2. The van der Waals surface area contributed by atoms with E-state index in [2.05, 4.69) is 33.4 Å². The smallest absolute Gasteiger partial charge is 0.253 e. The van der Waals surface area contributed by atoms with Crippen molar-refractivity contribution < 1.29 is 4.79 Å². The Balaban J connectivity index is 2.14. The topological polar surface area (TPSA) is 55.1 Å². The van der Waals surface area contributed by atoms with Gasteiger partial charge in [-0.05, 0) is 29.3 Å². The molecule has 3 nitrogen and oxygen atoms in total. The zero-order chi connectivity index (χ0) is 13.4. The molecular formula is C15H13BrN2O. The molecule has 1 heterocycles. The van der Waals surface area contributed by atoms with Crippen molar-refractivity contribution in [1.82, 2.24) is 5.32 Å². The molecule has 3 rings (SSSR count). The number of nitrogens with two attached hydrogens (primary N) is 1. The molecule has 1 amide bonds. The molecular weight excluding hydrogens is 304 g/mol. The molecule has 19 heavy (non-hydrogen) atoms. The highest BCUT2D eigenvalue weighted by Gasteiger charge is 2.27. The Labute approximate surface area is 119 Å². The van der Waals surface area contributed by atoms with Crippen molar-refractivity contribution in [3.05, 3.63) is 63.6 Å². The highest BCUT2D eigenvalue weighted by Crippen LogP contribution is 2.33. The van der Waals surface area contributed by atoms with E-state index in [1.165, 1.54) is 5.56 Å². The molecule has 0 saturated carbocycles. The van der Waals surface area contributed by atoms with Gasteiger partial charge in [-0.15, -0.1) is 0 Å². The standard InChI is InChI=1S/C15H13BrN2O/c16-10-4-1-3-9(7-10)12-8-18-15(19)14-11(12)5-2-6-13(14)17/h1-7,12H,8,17H2,(H,18,19). The van der Waals surface area contributed by atoms with E-state index in [4.69, 9.17) is 5.73 Å². The van der Waals surface area contributed by atoms with Gasteiger partial charge in [0.1, 0.15) is 0 Å². The summed E-state index contributed by atoms with van der Waals surface area (Å²) in [5, 5.41) is 2.91. The summed E-state index contributed by atoms with van der Waals surface area (Å²) in [6, 6.07) is 13.8. The summed E-state index contributed by atoms with van der Waals surface area (Å²) >= 11 is 3.48. The van der Waals surface area contributed by atoms with E-state index in [-0.39, 0.29) is 11.8 Å². The summed E-state index contributed by atoms with van der Waals surface area (Å²) in [7, 11) is 0. The average Bonchev–Trinajstić information content (AvgIpc) is 2.39. The molecule has 0 radical (unpaired) electrons. The van der Waals surface area contributed by atoms with Crippen molar-refractivity contribution in [3.63, 3.8) is 0 Å². The van der Waals surface area contributed by atoms with Crippen molar-refractivity contribution >= 4 is 27.5 Å². The fourth-order valence-corrected chi connectivity index (χ4v) is 2.97. The minimum absolute atomic E-state index is 0.0839. The lowest BCUT2D eigenvalue weighted by molar-refractivity contribution is 0.0944. The third-order valence-corrected chi connectivity index (χ3v) is 3.94. The Morgan fingerprint density at radius 1 is 1.21 bits per heavy atom. The number of rotatable bonds is 1. The molecule has 0 saturated heterocycles. The normalized spacial score (nSPS) is 17.7. The number of benzene rings is 2. The van der Waals surface area contributed by atoms with Crippen molar-refractivity contribution in [1.29, 1.82) is 0 Å². The van der Waals surface area contributed by atoms with Gasteiger partial charge in [0.05, 0.1) is 5.56 Å². The number of carbonyl (C=O) groups excluding carboxylic acids is 1. The molecule has 1 atom stereocenters. The van der Waals surface area contributed by atoms with E-state index in [0.717, 1.165) is 10.0 Å². The summed E-state index contributed by atoms with van der Waals surface area (Å²) in [5.74, 6) is 0.0630. The van der Waals surface area contributed by atoms with Gasteiger partial charge in [-0.3, -0.25) is 4.79 Å². The van der Waals surface area contributed by atoms with Crippen LogP contribution in [0.2, 0.25) is 0 Å². The molecule has 0 bridgehead atoms. The van der Waals surface area contributed by atoms with E-state index >= 15 is 0 Å². The number of nitrogens with one attached hydrogen (secondary N) is 1. The van der Waals surface area contributed by atoms with Crippen molar-refractivity contribution in [3.8, 4) is 0 Å². The molecule has 96 valence electrons. The van der Waals surface area contributed by atoms with E-state index in [1.54, 1.807) is 6.07 Å². The van der Waals surface area contributed by atoms with Gasteiger partial charge in [0.2, 0.25) is 0 Å². The Bertz CT molecular complexity index is 654. The third kappa shape index (κ3) is 2.12. The van der Waals surface area contributed by atoms with Crippen LogP contribution in [0, 0.1) is 0 Å². The van der Waals surface area contributed by atoms with Gasteiger partial charge in [0.15, 0.2) is 0 Å². The zero-order valence-electron chi connectivity index (χ0n) is 10.2. The SMILES string of the molecule is Nc1cccc2c1C(=O)NCC2c1cccc(Br)c1. The Morgan fingerprint density at radius 3 is 2.79 bits per heavy atom. The maximum absolute atomic E-state index is 11.9. The van der Waals surface area contributed by atoms with Crippen molar-refractivity contribution in [2.45, 2.75) is 5.92 Å². The highest BCUT2D eigenvalue weighted by atomic mass is 79.9. The average molecular weight is 317 g/mol. The molecule has 1 aliphatic rings. The van der Waals surface area contributed by atoms with Crippen molar-refractivity contribution in [2.75, 3.05) is 12.3 Å². The Kier molecular flexibility index (Phi) is 3.03. The molecule has 0 aromatic heterocycles. The summed E-state index contributed by atoms with van der Waals surface area (Å²) in [6.45, 7) is 0.603. The van der Waals surface area contributed by atoms with Crippen LogP contribution in [0.25, 0.3) is 0 Å². The molecule has 2 aromatic carbocycles. The molecule has 4 heteroatoms. The van der Waals surface area contributed by atoms with Gasteiger partial charge >= 0.3 is 0 Å². The summed E-state index contributed by atoms with van der Waals surface area (Å²) < 4.78 is 1.03. The van der Waals surface area contributed by atoms with Gasteiger partial charge in [0.25, 0.3) is 5.91 Å². The van der Waals surface area contributed by atoms with Crippen LogP contribution in [0.3, 0.4) is 0 Å². The summed E-state index contributed by atoms with van der Waals surface area (Å²) in [4.78, 5) is 11.9. The minimum atomic E-state index is -0.0839. The number of fused-ring (bicyclic) bond motifs is 1. The first-order valence-corrected chi connectivity index (χ1v) is 6.88. The second-order valence-corrected chi connectivity index (χ2v) is 5.54. The molecule has 2 aromatic rings. The number of hydrogen-bond acceptors (Lipinski definition) is 2. The monoisotopic (exact) mass is 316 g/mol. The van der Waals surface area contributed by atoms with Crippen LogP contribution < -0.4 is 11.1 Å². The van der Waals surface area contributed by atoms with Gasteiger partial charge in [0, 0.05) is 22.6 Å². The second kappa shape index (κ2) is 4.70. The number of anilines is 1. The lowest BCUT2D eigenvalue weighted by Gasteiger charge is -2.27. The first kappa shape index (κ1) is 12.2. The predicted molar refractivity (Wildman–Crippen MR) is 79.2 cm³/mol. The van der Waals surface area contributed by atoms with Crippen LogP contribution in [0.5, 0.6) is 0 Å². The van der Waals surface area contributed by atoms with Gasteiger partial charge < -0.3 is 11.1 Å². The first-order valence-electron chi connectivity index (χ1n) is 6.09. The summed E-state index contributed by atoms with van der Waals surface area (Å²) in [6.07, 6.45) is 0. The van der Waals surface area contributed by atoms with Gasteiger partial charge in [-0.1, -0.05) is 40.2 Å². The number of amides is 1. The van der Waals surface area contributed by atoms with E-state index in [9.17, 15) is 4.79 Å². The first-order chi connectivity index (χ1) is 9.16. The molecule has 1 aliphatic heterocycles. The zero-order valence-corrected chi connectivity index (χ0v) is 11.8. The van der Waals surface area contributed by atoms with E-state index < -0.39 is 0 Å². The molecule has 0 spiro atoms. The van der Waals surface area contributed by atoms with Crippen LogP contribution in [-0.4, -0.2) is 12.5 Å². The fourth-order valence-electron chi connectivity index (χ4n) is 2.56. The van der Waals surface area contributed by atoms with E-state index in [0.29, 0.717) is 17.8 Å². The Hall–Kier alpha value is -1.81. The summed E-state index contributed by atoms with van der Waals surface area (Å²) in [5.41, 5.74) is 9.25. The largest absolute Gasteiger partial charge is 0.398 e. The fraction of sp³-hybridized carbons (Fsp3) is 0.133. The molecule has 1 unspecified atom stereocenters. The van der Waals surface area contributed by atoms with Gasteiger partial charge in [-0.25, -0.2) is 0 Å². The lowest BCUT2D eigenvalue weighted by Crippen LogP contribution is -2.36. The predicted octanol–water partition coefficient (Wildman–Crippen LogP) is 2.91. The number of halogens is 1. The van der Waals surface area contributed by atoms with Crippen molar-refractivity contribution in [2.24, 2.45) is 0 Å². The quantitative estimate of drug-likeness (QED) is 0.795. The minimum Gasteiger partial charge on any atom is -0.398 e. The van der Waals surface area contributed by atoms with Crippen LogP contribution in [0.1, 0.15) is 27.4 Å². The molecule has 3 N–H and O–H groups in total. The van der Waals surface area contributed by atoms with Gasteiger partial charge in [-0.2, -0.15) is 0 Å². The third-order valence-electron chi connectivity index (χ3n) is 3.45. The Morgan fingerprint density at radius 2 is 2.00 bits per heavy atom. The molecule has 0 aliphatic carbocycles. The number of nitrogen functional groups attached to an aromatic ring is 1. The van der Waals surface area contributed by atoms with E-state index in [1.807, 2.05) is 24.3 Å². The molecule has 0 fully saturated rings. The van der Waals surface area contributed by atoms with Crippen LogP contribution in [0.4, 0.5) is 5.69 Å². The number of carbonyl (C=O) groups is 1.